The molecule has 0 fully saturated rings. The number of rotatable bonds is 2. The molecular weight excluding hydrogens is 148 g/mol. The molecule has 0 radical (unpaired) electrons. The lowest BCUT2D eigenvalue weighted by Gasteiger charge is -2.10. The van der Waals surface area contributed by atoms with Crippen molar-refractivity contribution >= 4 is 11.9 Å². The number of alkyl halides is 2. The van der Waals surface area contributed by atoms with Gasteiger partial charge in [-0.2, -0.15) is 8.78 Å². The fourth-order valence-corrected chi connectivity index (χ4v) is 1.03. The number of hydrogen-bond donors (Lipinski definition) is 0. The Morgan fingerprint density at radius 3 is 2.89 bits per heavy atom. The van der Waals surface area contributed by atoms with Crippen LogP contribution in [0.3, 0.4) is 0 Å². The second-order valence-electron chi connectivity index (χ2n) is 1.36. The predicted molar refractivity (Wildman–Crippen MR) is 30.5 cm³/mol. The maximum atomic E-state index is 11.4. The van der Waals surface area contributed by atoms with Crippen LogP contribution in [0, 0.1) is 0 Å². The summed E-state index contributed by atoms with van der Waals surface area (Å²) in [6.07, 6.45) is 1.74. The van der Waals surface area contributed by atoms with Gasteiger partial charge in [0.25, 0.3) is 0 Å². The first-order chi connectivity index (χ1) is 4.29. The molecule has 0 saturated carbocycles. The van der Waals surface area contributed by atoms with Crippen molar-refractivity contribution in [2.75, 3.05) is 6.54 Å². The van der Waals surface area contributed by atoms with Crippen LogP contribution in [0.2, 0.25) is 0 Å². The van der Waals surface area contributed by atoms with Crippen molar-refractivity contribution in [2.45, 2.75) is 6.61 Å². The zero-order valence-corrected chi connectivity index (χ0v) is 5.28. The summed E-state index contributed by atoms with van der Waals surface area (Å²) in [7, 11) is 0. The third kappa shape index (κ3) is 2.30. The average molecular weight is 153 g/mol. The summed E-state index contributed by atoms with van der Waals surface area (Å²) in [4.78, 5) is 4.01. The van der Waals surface area contributed by atoms with E-state index >= 15 is 0 Å². The molecule has 1 heterocycles. The predicted octanol–water partition coefficient (Wildman–Crippen LogP) is 1.62. The van der Waals surface area contributed by atoms with Gasteiger partial charge in [-0.05, 0) is 17.4 Å². The lowest BCUT2D eigenvalue weighted by Crippen LogP contribution is -2.16. The van der Waals surface area contributed by atoms with Crippen LogP contribution >= 0.6 is 11.9 Å². The van der Waals surface area contributed by atoms with E-state index in [4.69, 9.17) is 0 Å². The highest BCUT2D eigenvalue weighted by Gasteiger charge is 2.13. The molecule has 0 N–H and O–H groups in total. The molecule has 0 aromatic rings. The van der Waals surface area contributed by atoms with Crippen molar-refractivity contribution in [1.29, 1.82) is 0 Å². The Morgan fingerprint density at radius 2 is 2.44 bits per heavy atom. The van der Waals surface area contributed by atoms with Gasteiger partial charge in [0.15, 0.2) is 0 Å². The molecular formula is C4H5F2NOS. The monoisotopic (exact) mass is 153 g/mol. The zero-order chi connectivity index (χ0) is 6.69. The van der Waals surface area contributed by atoms with Crippen molar-refractivity contribution in [3.05, 3.63) is 11.5 Å². The molecule has 0 aromatic heterocycles. The quantitative estimate of drug-likeness (QED) is 0.559. The Morgan fingerprint density at radius 1 is 1.67 bits per heavy atom. The smallest absolute Gasteiger partial charge is 0.220 e. The lowest BCUT2D eigenvalue weighted by molar-refractivity contribution is -0.230. The second kappa shape index (κ2) is 3.14. The van der Waals surface area contributed by atoms with Crippen molar-refractivity contribution in [2.24, 2.45) is 0 Å². The largest absolute Gasteiger partial charge is 0.361 e. The molecule has 0 unspecified atom stereocenters. The molecule has 1 rings (SSSR count). The SMILES string of the molecule is FC(F)ON1CC=CS1. The van der Waals surface area contributed by atoms with Gasteiger partial charge in [-0.1, -0.05) is 6.08 Å². The van der Waals surface area contributed by atoms with Crippen LogP contribution in [0.15, 0.2) is 11.5 Å². The maximum absolute atomic E-state index is 11.4. The van der Waals surface area contributed by atoms with E-state index in [1.807, 2.05) is 0 Å². The van der Waals surface area contributed by atoms with Crippen LogP contribution in [-0.2, 0) is 4.84 Å². The average Bonchev–Trinajstić information content (AvgIpc) is 2.15. The Bertz CT molecular complexity index is 111. The number of hydroxylamine groups is 1. The highest BCUT2D eigenvalue weighted by Crippen LogP contribution is 2.19. The molecule has 9 heavy (non-hydrogen) atoms. The van der Waals surface area contributed by atoms with E-state index in [2.05, 4.69) is 4.84 Å². The van der Waals surface area contributed by atoms with E-state index in [1.165, 1.54) is 0 Å². The van der Waals surface area contributed by atoms with Crippen LogP contribution in [-0.4, -0.2) is 17.6 Å². The second-order valence-corrected chi connectivity index (χ2v) is 2.25. The Balaban J connectivity index is 2.14. The van der Waals surface area contributed by atoms with Gasteiger partial charge in [0.05, 0.1) is 6.54 Å². The molecule has 0 aromatic carbocycles. The molecule has 0 spiro atoms. The van der Waals surface area contributed by atoms with Crippen molar-refractivity contribution in [1.82, 2.24) is 4.47 Å². The Kier molecular flexibility index (Phi) is 2.44. The van der Waals surface area contributed by atoms with Crippen LogP contribution in [0.25, 0.3) is 0 Å². The van der Waals surface area contributed by atoms with Crippen LogP contribution in [0.4, 0.5) is 8.78 Å². The topological polar surface area (TPSA) is 12.5 Å². The van der Waals surface area contributed by atoms with Gasteiger partial charge in [0, 0.05) is 0 Å². The highest BCUT2D eigenvalue weighted by atomic mass is 32.2. The third-order valence-electron chi connectivity index (χ3n) is 0.726. The number of halogens is 2. The van der Waals surface area contributed by atoms with E-state index in [9.17, 15) is 8.78 Å². The standard InChI is InChI=1S/C4H5F2NOS/c5-4(6)8-7-2-1-3-9-7/h1,3-4H,2H2. The minimum Gasteiger partial charge on any atom is -0.220 e. The molecule has 1 aliphatic rings. The lowest BCUT2D eigenvalue weighted by atomic mass is 10.7. The molecule has 0 bridgehead atoms. The number of hydrogen-bond acceptors (Lipinski definition) is 3. The van der Waals surface area contributed by atoms with Gasteiger partial charge in [0.1, 0.15) is 0 Å². The van der Waals surface area contributed by atoms with Gasteiger partial charge in [0.2, 0.25) is 0 Å². The molecule has 0 saturated heterocycles. The Labute approximate surface area is 55.6 Å². The van der Waals surface area contributed by atoms with E-state index in [0.717, 1.165) is 16.4 Å². The fourth-order valence-electron chi connectivity index (χ4n) is 0.440. The van der Waals surface area contributed by atoms with Gasteiger partial charge in [-0.15, -0.1) is 4.47 Å². The van der Waals surface area contributed by atoms with Gasteiger partial charge in [-0.25, -0.2) is 4.84 Å². The summed E-state index contributed by atoms with van der Waals surface area (Å²) in [6, 6.07) is 0. The minimum absolute atomic E-state index is 0.426. The van der Waals surface area contributed by atoms with E-state index < -0.39 is 6.61 Å². The van der Waals surface area contributed by atoms with Crippen molar-refractivity contribution < 1.29 is 13.6 Å². The van der Waals surface area contributed by atoms with E-state index in [-0.39, 0.29) is 0 Å². The molecule has 0 amide bonds. The third-order valence-corrected chi connectivity index (χ3v) is 1.51. The molecule has 0 atom stereocenters. The normalized spacial score (nSPS) is 19.9. The van der Waals surface area contributed by atoms with Gasteiger partial charge >= 0.3 is 6.61 Å². The van der Waals surface area contributed by atoms with E-state index in [0.29, 0.717) is 6.54 Å². The maximum Gasteiger partial charge on any atom is 0.361 e. The summed E-state index contributed by atoms with van der Waals surface area (Å²) >= 11 is 1.12. The summed E-state index contributed by atoms with van der Waals surface area (Å²) in [5.74, 6) is 0. The van der Waals surface area contributed by atoms with Crippen LogP contribution in [0.1, 0.15) is 0 Å². The summed E-state index contributed by atoms with van der Waals surface area (Å²) < 4.78 is 23.9. The molecule has 52 valence electrons. The molecule has 2 nitrogen and oxygen atoms in total. The van der Waals surface area contributed by atoms with Crippen LogP contribution in [0.5, 0.6) is 0 Å². The van der Waals surface area contributed by atoms with Gasteiger partial charge < -0.3 is 0 Å². The summed E-state index contributed by atoms with van der Waals surface area (Å²) in [6.45, 7) is -2.29. The zero-order valence-electron chi connectivity index (χ0n) is 4.46. The summed E-state index contributed by atoms with van der Waals surface area (Å²) in [5, 5.41) is 1.70. The minimum atomic E-state index is -2.71. The fraction of sp³-hybridized carbons (Fsp3) is 0.500. The Hall–Kier alpha value is -0.130. The molecule has 5 heteroatoms. The number of nitrogens with zero attached hydrogens (tertiary/aromatic N) is 1. The first kappa shape index (κ1) is 6.98. The molecule has 0 aliphatic carbocycles. The first-order valence-electron chi connectivity index (χ1n) is 2.33. The van der Waals surface area contributed by atoms with Crippen LogP contribution < -0.4 is 0 Å². The van der Waals surface area contributed by atoms with Gasteiger partial charge in [-0.3, -0.25) is 0 Å². The van der Waals surface area contributed by atoms with Crippen molar-refractivity contribution in [3.8, 4) is 0 Å². The first-order valence-corrected chi connectivity index (χ1v) is 3.17. The highest BCUT2D eigenvalue weighted by molar-refractivity contribution is 8.00. The molecule has 1 aliphatic heterocycles. The summed E-state index contributed by atoms with van der Waals surface area (Å²) in [5.41, 5.74) is 0. The van der Waals surface area contributed by atoms with Crippen molar-refractivity contribution in [3.63, 3.8) is 0 Å². The van der Waals surface area contributed by atoms with E-state index in [1.54, 1.807) is 11.5 Å².